The van der Waals surface area contributed by atoms with Crippen LogP contribution in [0.4, 0.5) is 11.5 Å². The van der Waals surface area contributed by atoms with Crippen LogP contribution in [0.15, 0.2) is 18.3 Å². The van der Waals surface area contributed by atoms with Gasteiger partial charge in [0.2, 0.25) is 5.91 Å². The highest BCUT2D eigenvalue weighted by molar-refractivity contribution is 5.96. The van der Waals surface area contributed by atoms with Crippen LogP contribution in [0.3, 0.4) is 0 Å². The van der Waals surface area contributed by atoms with Gasteiger partial charge in [-0.3, -0.25) is 4.79 Å². The van der Waals surface area contributed by atoms with E-state index < -0.39 is 0 Å². The van der Waals surface area contributed by atoms with Crippen molar-refractivity contribution in [3.8, 4) is 0 Å². The second-order valence-electron chi connectivity index (χ2n) is 7.64. The van der Waals surface area contributed by atoms with Crippen molar-refractivity contribution >= 4 is 42.2 Å². The fourth-order valence-electron chi connectivity index (χ4n) is 4.72. The number of aromatic nitrogens is 1. The Morgan fingerprint density at radius 1 is 1.15 bits per heavy atom. The number of anilines is 2. The number of rotatable bonds is 3. The Morgan fingerprint density at radius 2 is 1.96 bits per heavy atom. The summed E-state index contributed by atoms with van der Waals surface area (Å²) in [4.78, 5) is 19.9. The zero-order chi connectivity index (χ0) is 16.4. The van der Waals surface area contributed by atoms with E-state index >= 15 is 0 Å². The lowest BCUT2D eigenvalue weighted by Crippen LogP contribution is -2.44. The molecule has 1 saturated carbocycles. The molecular formula is C19H30Cl2N4O. The van der Waals surface area contributed by atoms with Crippen LogP contribution in [0, 0.1) is 11.3 Å². The molecule has 7 heteroatoms. The molecule has 2 N–H and O–H groups in total. The third-order valence-corrected chi connectivity index (χ3v) is 6.18. The first-order valence-corrected chi connectivity index (χ1v) is 9.51. The molecule has 26 heavy (non-hydrogen) atoms. The normalized spacial score (nSPS) is 27.7. The van der Waals surface area contributed by atoms with Gasteiger partial charge in [-0.2, -0.15) is 0 Å². The monoisotopic (exact) mass is 400 g/mol. The molecule has 1 aromatic heterocycles. The molecule has 2 aliphatic heterocycles. The van der Waals surface area contributed by atoms with Crippen LogP contribution < -0.4 is 15.5 Å². The Balaban J connectivity index is 0.00000121. The lowest BCUT2D eigenvalue weighted by atomic mass is 9.67. The summed E-state index contributed by atoms with van der Waals surface area (Å²) < 4.78 is 0. The number of amides is 1. The molecule has 4 rings (SSSR count). The summed E-state index contributed by atoms with van der Waals surface area (Å²) in [7, 11) is 0. The fourth-order valence-corrected chi connectivity index (χ4v) is 4.72. The number of piperidine rings is 1. The highest BCUT2D eigenvalue weighted by Crippen LogP contribution is 2.44. The van der Waals surface area contributed by atoms with E-state index in [9.17, 15) is 4.79 Å². The van der Waals surface area contributed by atoms with E-state index in [4.69, 9.17) is 0 Å². The van der Waals surface area contributed by atoms with Gasteiger partial charge < -0.3 is 15.5 Å². The van der Waals surface area contributed by atoms with Gasteiger partial charge in [0, 0.05) is 19.6 Å². The molecule has 2 saturated heterocycles. The van der Waals surface area contributed by atoms with E-state index in [-0.39, 0.29) is 36.1 Å². The Hall–Kier alpha value is -1.04. The molecule has 0 bridgehead atoms. The van der Waals surface area contributed by atoms with Crippen LogP contribution >= 0.6 is 24.8 Å². The van der Waals surface area contributed by atoms with Gasteiger partial charge in [-0.1, -0.05) is 12.8 Å². The van der Waals surface area contributed by atoms with E-state index in [0.29, 0.717) is 5.92 Å². The molecule has 5 nitrogen and oxygen atoms in total. The molecule has 3 fully saturated rings. The van der Waals surface area contributed by atoms with E-state index in [1.165, 1.54) is 32.1 Å². The zero-order valence-corrected chi connectivity index (χ0v) is 16.8. The molecule has 1 aromatic rings. The van der Waals surface area contributed by atoms with Gasteiger partial charge in [0.1, 0.15) is 5.82 Å². The molecule has 2 atom stereocenters. The Labute approximate surface area is 168 Å². The highest BCUT2D eigenvalue weighted by Gasteiger charge is 2.49. The first-order valence-electron chi connectivity index (χ1n) is 9.51. The van der Waals surface area contributed by atoms with Gasteiger partial charge in [0.25, 0.3) is 0 Å². The van der Waals surface area contributed by atoms with Crippen molar-refractivity contribution in [2.75, 3.05) is 36.4 Å². The van der Waals surface area contributed by atoms with Crippen molar-refractivity contribution in [3.63, 3.8) is 0 Å². The van der Waals surface area contributed by atoms with Gasteiger partial charge in [0.05, 0.1) is 17.3 Å². The van der Waals surface area contributed by atoms with Crippen molar-refractivity contribution < 1.29 is 4.79 Å². The van der Waals surface area contributed by atoms with Crippen molar-refractivity contribution in [1.29, 1.82) is 0 Å². The van der Waals surface area contributed by atoms with E-state index in [1.807, 2.05) is 18.3 Å². The quantitative estimate of drug-likeness (QED) is 0.812. The van der Waals surface area contributed by atoms with Gasteiger partial charge in [-0.15, -0.1) is 24.8 Å². The van der Waals surface area contributed by atoms with Crippen LogP contribution in [0.25, 0.3) is 0 Å². The van der Waals surface area contributed by atoms with Crippen molar-refractivity contribution in [1.82, 2.24) is 10.3 Å². The maximum absolute atomic E-state index is 13.0. The number of hydrogen-bond donors (Lipinski definition) is 2. The largest absolute Gasteiger partial charge is 0.357 e. The number of carbonyl (C=O) groups is 1. The van der Waals surface area contributed by atoms with E-state index in [2.05, 4.69) is 20.5 Å². The van der Waals surface area contributed by atoms with Crippen molar-refractivity contribution in [2.45, 2.75) is 44.9 Å². The average Bonchev–Trinajstić information content (AvgIpc) is 3.08. The lowest BCUT2D eigenvalue weighted by Gasteiger charge is -2.37. The average molecular weight is 401 g/mol. The summed E-state index contributed by atoms with van der Waals surface area (Å²) in [6, 6.07) is 4.05. The second-order valence-corrected chi connectivity index (χ2v) is 7.64. The molecule has 1 amide bonds. The van der Waals surface area contributed by atoms with Gasteiger partial charge in [-0.05, 0) is 56.7 Å². The molecule has 0 unspecified atom stereocenters. The molecule has 0 spiro atoms. The summed E-state index contributed by atoms with van der Waals surface area (Å²) in [5, 5.41) is 6.58. The molecule has 146 valence electrons. The molecule has 3 heterocycles. The predicted molar refractivity (Wildman–Crippen MR) is 111 cm³/mol. The summed E-state index contributed by atoms with van der Waals surface area (Å²) in [6.07, 6.45) is 10.2. The minimum Gasteiger partial charge on any atom is -0.357 e. The van der Waals surface area contributed by atoms with Crippen LogP contribution in [-0.2, 0) is 4.79 Å². The third-order valence-electron chi connectivity index (χ3n) is 6.18. The summed E-state index contributed by atoms with van der Waals surface area (Å²) >= 11 is 0. The predicted octanol–water partition coefficient (Wildman–Crippen LogP) is 3.63. The molecule has 0 radical (unpaired) electrons. The number of fused-ring (bicyclic) bond motifs is 1. The third kappa shape index (κ3) is 4.10. The fraction of sp³-hybridized carbons (Fsp3) is 0.684. The number of carbonyl (C=O) groups excluding carboxylic acids is 1. The van der Waals surface area contributed by atoms with Crippen molar-refractivity contribution in [3.05, 3.63) is 18.3 Å². The minimum atomic E-state index is -0.205. The van der Waals surface area contributed by atoms with E-state index in [1.54, 1.807) is 0 Å². The second kappa shape index (κ2) is 9.25. The topological polar surface area (TPSA) is 57.3 Å². The standard InChI is InChI=1S/C19H28N4O.2ClH/c24-18(19-9-3-2-6-15(19)12-20-14-19)22-16-7-8-17(21-13-16)23-10-4-1-5-11-23;;/h7-8,13,15,20H,1-6,9-12,14H2,(H,22,24);2*1H/t15-,19+;;/m0../s1. The Morgan fingerprint density at radius 3 is 2.69 bits per heavy atom. The lowest BCUT2D eigenvalue weighted by molar-refractivity contribution is -0.128. The highest BCUT2D eigenvalue weighted by atomic mass is 35.5. The van der Waals surface area contributed by atoms with Crippen LogP contribution in [-0.4, -0.2) is 37.1 Å². The number of halogens is 2. The smallest absolute Gasteiger partial charge is 0.232 e. The van der Waals surface area contributed by atoms with Gasteiger partial charge in [0.15, 0.2) is 0 Å². The summed E-state index contributed by atoms with van der Waals surface area (Å²) in [6.45, 7) is 3.99. The maximum Gasteiger partial charge on any atom is 0.232 e. The summed E-state index contributed by atoms with van der Waals surface area (Å²) in [5.74, 6) is 1.71. The first-order chi connectivity index (χ1) is 11.8. The van der Waals surface area contributed by atoms with E-state index in [0.717, 1.165) is 50.5 Å². The van der Waals surface area contributed by atoms with Crippen molar-refractivity contribution in [2.24, 2.45) is 11.3 Å². The number of nitrogens with one attached hydrogen (secondary N) is 2. The Bertz CT molecular complexity index is 592. The van der Waals surface area contributed by atoms with Gasteiger partial charge >= 0.3 is 0 Å². The van der Waals surface area contributed by atoms with Gasteiger partial charge in [-0.25, -0.2) is 4.98 Å². The molecule has 3 aliphatic rings. The minimum absolute atomic E-state index is 0. The SMILES string of the molecule is Cl.Cl.O=C(Nc1ccc(N2CCCCC2)nc1)[C@@]12CCCC[C@H]1CNC2. The summed E-state index contributed by atoms with van der Waals surface area (Å²) in [5.41, 5.74) is 0.621. The molecule has 0 aromatic carbocycles. The maximum atomic E-state index is 13.0. The van der Waals surface area contributed by atoms with Crippen LogP contribution in [0.5, 0.6) is 0 Å². The number of hydrogen-bond acceptors (Lipinski definition) is 4. The number of nitrogens with zero attached hydrogens (tertiary/aromatic N) is 2. The molecule has 1 aliphatic carbocycles. The Kier molecular flexibility index (Phi) is 7.56. The molecular weight excluding hydrogens is 371 g/mol. The zero-order valence-electron chi connectivity index (χ0n) is 15.2. The van der Waals surface area contributed by atoms with Crippen LogP contribution in [0.1, 0.15) is 44.9 Å². The van der Waals surface area contributed by atoms with Crippen LogP contribution in [0.2, 0.25) is 0 Å². The first kappa shape index (κ1) is 21.3. The number of pyridine rings is 1.